The first-order valence-electron chi connectivity index (χ1n) is 7.25. The number of carboxylic acid groups (broad SMARTS) is 1. The van der Waals surface area contributed by atoms with Gasteiger partial charge in [-0.15, -0.1) is 0 Å². The molecule has 0 aromatic heterocycles. The average Bonchev–Trinajstić information content (AvgIpc) is 2.61. The van der Waals surface area contributed by atoms with Gasteiger partial charge in [-0.25, -0.2) is 4.79 Å². The maximum atomic E-state index is 11.7. The zero-order valence-corrected chi connectivity index (χ0v) is 12.4. The zero-order valence-electron chi connectivity index (χ0n) is 12.4. The van der Waals surface area contributed by atoms with Crippen molar-refractivity contribution in [1.82, 2.24) is 20.4 Å². The largest absolute Gasteiger partial charge is 0.480 e. The second-order valence-electron chi connectivity index (χ2n) is 5.10. The summed E-state index contributed by atoms with van der Waals surface area (Å²) in [4.78, 5) is 37.6. The fraction of sp³-hybridized carbons (Fsp3) is 0.769. The highest BCUT2D eigenvalue weighted by Crippen LogP contribution is 2.02. The van der Waals surface area contributed by atoms with Crippen molar-refractivity contribution in [3.05, 3.63) is 0 Å². The molecular formula is C13H24N4O4. The van der Waals surface area contributed by atoms with Crippen molar-refractivity contribution in [3.63, 3.8) is 0 Å². The van der Waals surface area contributed by atoms with Gasteiger partial charge in [-0.2, -0.15) is 0 Å². The third kappa shape index (κ3) is 7.62. The molecule has 3 N–H and O–H groups in total. The first kappa shape index (κ1) is 17.4. The number of hydrogen-bond acceptors (Lipinski definition) is 5. The number of nitrogens with zero attached hydrogens (tertiary/aromatic N) is 2. The van der Waals surface area contributed by atoms with E-state index in [2.05, 4.69) is 10.6 Å². The van der Waals surface area contributed by atoms with Crippen LogP contribution in [0.3, 0.4) is 0 Å². The molecule has 1 rings (SSSR count). The van der Waals surface area contributed by atoms with Gasteiger partial charge in [0.05, 0.1) is 13.1 Å². The van der Waals surface area contributed by atoms with E-state index < -0.39 is 12.0 Å². The monoisotopic (exact) mass is 300 g/mol. The highest BCUT2D eigenvalue weighted by Gasteiger charge is 2.19. The van der Waals surface area contributed by atoms with E-state index in [1.165, 1.54) is 0 Å². The predicted molar refractivity (Wildman–Crippen MR) is 77.0 cm³/mol. The summed E-state index contributed by atoms with van der Waals surface area (Å²) in [6, 6.07) is -0.468. The molecule has 0 saturated carbocycles. The Hall–Kier alpha value is -1.67. The van der Waals surface area contributed by atoms with E-state index in [0.717, 1.165) is 19.4 Å². The molecule has 1 fully saturated rings. The number of imide groups is 1. The predicted octanol–water partition coefficient (Wildman–Crippen LogP) is -0.685. The molecule has 8 heteroatoms. The molecule has 0 aromatic carbocycles. The Morgan fingerprint density at radius 2 is 1.67 bits per heavy atom. The summed E-state index contributed by atoms with van der Waals surface area (Å²) in [6.45, 7) is 5.31. The van der Waals surface area contributed by atoms with Crippen molar-refractivity contribution in [1.29, 1.82) is 0 Å². The molecule has 0 aliphatic carbocycles. The van der Waals surface area contributed by atoms with Crippen LogP contribution in [0.2, 0.25) is 0 Å². The minimum Gasteiger partial charge on any atom is -0.480 e. The molecule has 0 unspecified atom stereocenters. The van der Waals surface area contributed by atoms with E-state index in [0.29, 0.717) is 26.2 Å². The number of carbonyl (C=O) groups is 3. The number of aliphatic carboxylic acids is 1. The van der Waals surface area contributed by atoms with E-state index >= 15 is 0 Å². The van der Waals surface area contributed by atoms with Crippen molar-refractivity contribution in [2.24, 2.45) is 0 Å². The molecule has 1 saturated heterocycles. The van der Waals surface area contributed by atoms with Gasteiger partial charge in [0.25, 0.3) is 0 Å². The van der Waals surface area contributed by atoms with E-state index in [1.54, 1.807) is 0 Å². The lowest BCUT2D eigenvalue weighted by molar-refractivity contribution is -0.138. The summed E-state index contributed by atoms with van der Waals surface area (Å²) in [5.74, 6) is -1.18. The third-order valence-electron chi connectivity index (χ3n) is 3.20. The van der Waals surface area contributed by atoms with E-state index in [-0.39, 0.29) is 19.0 Å². The number of rotatable bonds is 6. The van der Waals surface area contributed by atoms with Crippen molar-refractivity contribution < 1.29 is 19.5 Å². The number of carboxylic acids is 1. The average molecular weight is 300 g/mol. The maximum absolute atomic E-state index is 11.7. The molecular weight excluding hydrogens is 276 g/mol. The Balaban J connectivity index is 2.29. The molecule has 0 aromatic rings. The number of urea groups is 1. The first-order chi connectivity index (χ1) is 10.0. The van der Waals surface area contributed by atoms with Crippen LogP contribution in [0.5, 0.6) is 0 Å². The van der Waals surface area contributed by atoms with Crippen molar-refractivity contribution >= 4 is 17.9 Å². The Labute approximate surface area is 124 Å². The highest BCUT2D eigenvalue weighted by atomic mass is 16.4. The van der Waals surface area contributed by atoms with Crippen LogP contribution < -0.4 is 10.6 Å². The number of nitrogens with one attached hydrogen (secondary N) is 2. The van der Waals surface area contributed by atoms with Crippen molar-refractivity contribution in [2.75, 3.05) is 45.8 Å². The standard InChI is InChI=1S/C13H24N4O4/c1-2-4-14-13(21)15-11(18)9-16-5-3-6-17(8-7-16)10-12(19)20/h2-10H2,1H3,(H,19,20)(H2,14,15,18,21). The minimum atomic E-state index is -0.839. The molecule has 120 valence electrons. The van der Waals surface area contributed by atoms with Crippen LogP contribution in [0.1, 0.15) is 19.8 Å². The fourth-order valence-corrected chi connectivity index (χ4v) is 2.18. The smallest absolute Gasteiger partial charge is 0.321 e. The second-order valence-corrected chi connectivity index (χ2v) is 5.10. The Kier molecular flexibility index (Phi) is 7.70. The third-order valence-corrected chi connectivity index (χ3v) is 3.20. The van der Waals surface area contributed by atoms with Gasteiger partial charge in [-0.05, 0) is 19.4 Å². The summed E-state index contributed by atoms with van der Waals surface area (Å²) in [7, 11) is 0. The molecule has 3 amide bonds. The molecule has 1 heterocycles. The van der Waals surface area contributed by atoms with Crippen molar-refractivity contribution in [2.45, 2.75) is 19.8 Å². The molecule has 0 atom stereocenters. The zero-order chi connectivity index (χ0) is 15.7. The van der Waals surface area contributed by atoms with Crippen LogP contribution >= 0.6 is 0 Å². The van der Waals surface area contributed by atoms with Crippen LogP contribution in [-0.4, -0.2) is 78.6 Å². The van der Waals surface area contributed by atoms with Gasteiger partial charge in [0.1, 0.15) is 0 Å². The van der Waals surface area contributed by atoms with Gasteiger partial charge in [-0.3, -0.25) is 24.7 Å². The fourth-order valence-electron chi connectivity index (χ4n) is 2.18. The molecule has 21 heavy (non-hydrogen) atoms. The lowest BCUT2D eigenvalue weighted by atomic mass is 10.3. The lowest BCUT2D eigenvalue weighted by Gasteiger charge is -2.20. The maximum Gasteiger partial charge on any atom is 0.321 e. The summed E-state index contributed by atoms with van der Waals surface area (Å²) in [6.07, 6.45) is 1.62. The number of carbonyl (C=O) groups excluding carboxylic acids is 2. The lowest BCUT2D eigenvalue weighted by Crippen LogP contribution is -2.45. The van der Waals surface area contributed by atoms with Gasteiger partial charge < -0.3 is 10.4 Å². The van der Waals surface area contributed by atoms with Gasteiger partial charge in [0.15, 0.2) is 0 Å². The van der Waals surface area contributed by atoms with Gasteiger partial charge in [0, 0.05) is 26.2 Å². The summed E-state index contributed by atoms with van der Waals surface area (Å²) < 4.78 is 0. The molecule has 0 bridgehead atoms. The quantitative estimate of drug-likeness (QED) is 0.600. The Bertz CT molecular complexity index is 375. The van der Waals surface area contributed by atoms with Crippen LogP contribution in [0.4, 0.5) is 4.79 Å². The van der Waals surface area contributed by atoms with Crippen LogP contribution in [0.15, 0.2) is 0 Å². The number of hydrogen-bond donors (Lipinski definition) is 3. The first-order valence-corrected chi connectivity index (χ1v) is 7.25. The summed E-state index contributed by atoms with van der Waals surface area (Å²) in [5.41, 5.74) is 0. The molecule has 1 aliphatic heterocycles. The topological polar surface area (TPSA) is 102 Å². The van der Waals surface area contributed by atoms with E-state index in [4.69, 9.17) is 5.11 Å². The van der Waals surface area contributed by atoms with Crippen LogP contribution in [-0.2, 0) is 9.59 Å². The Morgan fingerprint density at radius 3 is 2.24 bits per heavy atom. The minimum absolute atomic E-state index is 0.0272. The van der Waals surface area contributed by atoms with E-state index in [1.807, 2.05) is 16.7 Å². The normalized spacial score (nSPS) is 17.0. The number of amides is 3. The second kappa shape index (κ2) is 9.30. The molecule has 0 spiro atoms. The van der Waals surface area contributed by atoms with Gasteiger partial charge >= 0.3 is 12.0 Å². The van der Waals surface area contributed by atoms with E-state index in [9.17, 15) is 14.4 Å². The molecule has 0 radical (unpaired) electrons. The molecule has 1 aliphatic rings. The highest BCUT2D eigenvalue weighted by molar-refractivity contribution is 5.95. The van der Waals surface area contributed by atoms with Crippen LogP contribution in [0, 0.1) is 0 Å². The van der Waals surface area contributed by atoms with Gasteiger partial charge in [0.2, 0.25) is 5.91 Å². The molecule has 8 nitrogen and oxygen atoms in total. The summed E-state index contributed by atoms with van der Waals surface area (Å²) >= 11 is 0. The SMILES string of the molecule is CCCNC(=O)NC(=O)CN1CCCN(CC(=O)O)CC1. The van der Waals surface area contributed by atoms with Crippen molar-refractivity contribution in [3.8, 4) is 0 Å². The Morgan fingerprint density at radius 1 is 1.05 bits per heavy atom. The summed E-state index contributed by atoms with van der Waals surface area (Å²) in [5, 5.41) is 13.6. The van der Waals surface area contributed by atoms with Crippen LogP contribution in [0.25, 0.3) is 0 Å². The van der Waals surface area contributed by atoms with Gasteiger partial charge in [-0.1, -0.05) is 6.92 Å².